The Morgan fingerprint density at radius 1 is 1.19 bits per heavy atom. The molecule has 0 aliphatic carbocycles. The van der Waals surface area contributed by atoms with Gasteiger partial charge in [0.1, 0.15) is 11.6 Å². The molecule has 0 fully saturated rings. The number of aromatic nitrogens is 2. The number of halogens is 2. The van der Waals surface area contributed by atoms with E-state index >= 15 is 0 Å². The van der Waals surface area contributed by atoms with E-state index in [1.54, 1.807) is 0 Å². The van der Waals surface area contributed by atoms with Crippen LogP contribution in [-0.2, 0) is 0 Å². The maximum absolute atomic E-state index is 13.5. The van der Waals surface area contributed by atoms with E-state index in [1.165, 1.54) is 23.7 Å². The van der Waals surface area contributed by atoms with Gasteiger partial charge in [-0.25, -0.2) is 8.78 Å². The van der Waals surface area contributed by atoms with Crippen LogP contribution in [0.3, 0.4) is 0 Å². The Balaban J connectivity index is 2.44. The van der Waals surface area contributed by atoms with E-state index in [-0.39, 0.29) is 12.0 Å². The van der Waals surface area contributed by atoms with Gasteiger partial charge < -0.3 is 5.32 Å². The summed E-state index contributed by atoms with van der Waals surface area (Å²) in [5.74, 6) is -0.933. The quantitative estimate of drug-likeness (QED) is 0.875. The molecule has 0 aliphatic rings. The minimum atomic E-state index is -0.572. The molecular weight excluding hydrogens is 292 g/mol. The first-order valence-corrected chi connectivity index (χ1v) is 7.81. The van der Waals surface area contributed by atoms with Crippen molar-refractivity contribution in [1.82, 2.24) is 14.9 Å². The van der Waals surface area contributed by atoms with Crippen molar-refractivity contribution >= 4 is 11.5 Å². The molecule has 114 valence electrons. The maximum atomic E-state index is 13.5. The van der Waals surface area contributed by atoms with Crippen LogP contribution in [0.2, 0.25) is 0 Å². The van der Waals surface area contributed by atoms with Crippen LogP contribution < -0.4 is 5.32 Å². The second-order valence-corrected chi connectivity index (χ2v) is 6.05. The second kappa shape index (κ2) is 7.04. The standard InChI is InChI=1S/C15H19F2N3S/c1-4-5-18-14(10-6-11(16)8-12(17)7-10)15-13(9(2)3)19-20-21-15/h6-9,14,18H,4-5H2,1-3H3. The summed E-state index contributed by atoms with van der Waals surface area (Å²) in [4.78, 5) is 0.920. The summed E-state index contributed by atoms with van der Waals surface area (Å²) in [6, 6.07) is 3.32. The lowest BCUT2D eigenvalue weighted by Gasteiger charge is -2.19. The normalized spacial score (nSPS) is 12.9. The van der Waals surface area contributed by atoms with Crippen molar-refractivity contribution in [2.45, 2.75) is 39.2 Å². The summed E-state index contributed by atoms with van der Waals surface area (Å²) in [5.41, 5.74) is 1.44. The van der Waals surface area contributed by atoms with Gasteiger partial charge in [-0.05, 0) is 48.1 Å². The Morgan fingerprint density at radius 2 is 1.86 bits per heavy atom. The van der Waals surface area contributed by atoms with Gasteiger partial charge in [0, 0.05) is 6.07 Å². The fourth-order valence-electron chi connectivity index (χ4n) is 2.20. The molecule has 1 aromatic carbocycles. The van der Waals surface area contributed by atoms with Crippen molar-refractivity contribution in [3.8, 4) is 0 Å². The average Bonchev–Trinajstić information content (AvgIpc) is 2.87. The van der Waals surface area contributed by atoms with Gasteiger partial charge >= 0.3 is 0 Å². The summed E-state index contributed by atoms with van der Waals surface area (Å²) >= 11 is 1.27. The molecule has 6 heteroatoms. The molecule has 1 N–H and O–H groups in total. The molecule has 1 aromatic heterocycles. The predicted molar refractivity (Wildman–Crippen MR) is 80.5 cm³/mol. The fourth-order valence-corrected chi connectivity index (χ4v) is 3.11. The highest BCUT2D eigenvalue weighted by atomic mass is 32.1. The van der Waals surface area contributed by atoms with E-state index in [0.29, 0.717) is 5.56 Å². The van der Waals surface area contributed by atoms with Crippen molar-refractivity contribution in [2.75, 3.05) is 6.54 Å². The minimum absolute atomic E-state index is 0.211. The van der Waals surface area contributed by atoms with Crippen LogP contribution in [0.25, 0.3) is 0 Å². The molecule has 3 nitrogen and oxygen atoms in total. The van der Waals surface area contributed by atoms with Crippen LogP contribution in [0.5, 0.6) is 0 Å². The van der Waals surface area contributed by atoms with Gasteiger partial charge in [-0.3, -0.25) is 0 Å². The van der Waals surface area contributed by atoms with Crippen LogP contribution in [0.15, 0.2) is 18.2 Å². The van der Waals surface area contributed by atoms with E-state index in [0.717, 1.165) is 29.6 Å². The molecule has 2 aromatic rings. The highest BCUT2D eigenvalue weighted by Gasteiger charge is 2.23. The summed E-state index contributed by atoms with van der Waals surface area (Å²) in [6.45, 7) is 6.86. The molecule has 0 spiro atoms. The van der Waals surface area contributed by atoms with Crippen molar-refractivity contribution < 1.29 is 8.78 Å². The minimum Gasteiger partial charge on any atom is -0.305 e. The molecule has 0 saturated carbocycles. The van der Waals surface area contributed by atoms with Gasteiger partial charge in [0.25, 0.3) is 0 Å². The molecule has 0 radical (unpaired) electrons. The summed E-state index contributed by atoms with van der Waals surface area (Å²) in [7, 11) is 0. The topological polar surface area (TPSA) is 37.8 Å². The summed E-state index contributed by atoms with van der Waals surface area (Å²) in [5, 5.41) is 7.49. The molecule has 0 bridgehead atoms. The van der Waals surface area contributed by atoms with E-state index in [9.17, 15) is 8.78 Å². The molecular formula is C15H19F2N3S. The highest BCUT2D eigenvalue weighted by Crippen LogP contribution is 2.31. The first-order valence-electron chi connectivity index (χ1n) is 7.04. The molecule has 0 aliphatic heterocycles. The molecule has 1 unspecified atom stereocenters. The fraction of sp³-hybridized carbons (Fsp3) is 0.467. The van der Waals surface area contributed by atoms with E-state index in [1.807, 2.05) is 20.8 Å². The highest BCUT2D eigenvalue weighted by molar-refractivity contribution is 7.05. The van der Waals surface area contributed by atoms with Crippen LogP contribution in [0.4, 0.5) is 8.78 Å². The summed E-state index contributed by atoms with van der Waals surface area (Å²) in [6.07, 6.45) is 0.928. The number of hydrogen-bond acceptors (Lipinski definition) is 4. The lowest BCUT2D eigenvalue weighted by atomic mass is 9.99. The zero-order valence-corrected chi connectivity index (χ0v) is 13.2. The van der Waals surface area contributed by atoms with Crippen molar-refractivity contribution in [3.63, 3.8) is 0 Å². The van der Waals surface area contributed by atoms with Gasteiger partial charge in [0.05, 0.1) is 16.6 Å². The predicted octanol–water partition coefficient (Wildman–Crippen LogP) is 4.03. The third-order valence-corrected chi connectivity index (χ3v) is 3.97. The van der Waals surface area contributed by atoms with Crippen LogP contribution in [0, 0.1) is 11.6 Å². The number of rotatable bonds is 6. The average molecular weight is 311 g/mol. The van der Waals surface area contributed by atoms with Gasteiger partial charge in [-0.1, -0.05) is 25.3 Å². The van der Waals surface area contributed by atoms with Gasteiger partial charge in [-0.2, -0.15) is 0 Å². The molecule has 0 saturated heterocycles. The number of benzene rings is 1. The van der Waals surface area contributed by atoms with Gasteiger partial charge in [-0.15, -0.1) is 5.10 Å². The number of hydrogen-bond donors (Lipinski definition) is 1. The van der Waals surface area contributed by atoms with Gasteiger partial charge in [0.2, 0.25) is 0 Å². The first kappa shape index (κ1) is 16.0. The monoisotopic (exact) mass is 311 g/mol. The largest absolute Gasteiger partial charge is 0.305 e. The Hall–Kier alpha value is -1.40. The third kappa shape index (κ3) is 3.83. The number of nitrogens with one attached hydrogen (secondary N) is 1. The zero-order valence-electron chi connectivity index (χ0n) is 12.4. The van der Waals surface area contributed by atoms with Crippen molar-refractivity contribution in [1.29, 1.82) is 0 Å². The lowest BCUT2D eigenvalue weighted by molar-refractivity contribution is 0.558. The molecule has 2 rings (SSSR count). The van der Waals surface area contributed by atoms with Crippen molar-refractivity contribution in [3.05, 3.63) is 46.0 Å². The second-order valence-electron chi connectivity index (χ2n) is 5.27. The van der Waals surface area contributed by atoms with Crippen LogP contribution >= 0.6 is 11.5 Å². The third-order valence-electron chi connectivity index (χ3n) is 3.17. The SMILES string of the molecule is CCCNC(c1cc(F)cc(F)c1)c1snnc1C(C)C. The van der Waals surface area contributed by atoms with Gasteiger partial charge in [0.15, 0.2) is 0 Å². The smallest absolute Gasteiger partial charge is 0.126 e. The van der Waals surface area contributed by atoms with Crippen LogP contribution in [0.1, 0.15) is 55.3 Å². The molecule has 21 heavy (non-hydrogen) atoms. The summed E-state index contributed by atoms with van der Waals surface area (Å²) < 4.78 is 31.0. The Labute approximate surface area is 127 Å². The van der Waals surface area contributed by atoms with E-state index in [2.05, 4.69) is 14.9 Å². The van der Waals surface area contributed by atoms with E-state index < -0.39 is 11.6 Å². The Kier molecular flexibility index (Phi) is 5.36. The van der Waals surface area contributed by atoms with Crippen LogP contribution in [-0.4, -0.2) is 16.1 Å². The Bertz CT molecular complexity index is 578. The number of nitrogens with zero attached hydrogens (tertiary/aromatic N) is 2. The molecule has 1 heterocycles. The molecule has 1 atom stereocenters. The van der Waals surface area contributed by atoms with Crippen molar-refractivity contribution in [2.24, 2.45) is 0 Å². The maximum Gasteiger partial charge on any atom is 0.126 e. The first-order chi connectivity index (χ1) is 10.0. The Morgan fingerprint density at radius 3 is 2.43 bits per heavy atom. The van der Waals surface area contributed by atoms with E-state index in [4.69, 9.17) is 0 Å². The molecule has 0 amide bonds. The lowest BCUT2D eigenvalue weighted by Crippen LogP contribution is -2.24. The zero-order chi connectivity index (χ0) is 15.4.